The van der Waals surface area contributed by atoms with Crippen LogP contribution in [0.25, 0.3) is 0 Å². The number of nitriles is 1. The first kappa shape index (κ1) is 9.27. The van der Waals surface area contributed by atoms with Gasteiger partial charge in [-0.2, -0.15) is 5.26 Å². The summed E-state index contributed by atoms with van der Waals surface area (Å²) in [6.45, 7) is 5.97. The Morgan fingerprint density at radius 3 is 2.29 bits per heavy atom. The van der Waals surface area contributed by atoms with Crippen molar-refractivity contribution in [3.63, 3.8) is 0 Å². The lowest BCUT2D eigenvalue weighted by Gasteiger charge is -2.07. The van der Waals surface area contributed by atoms with Crippen molar-refractivity contribution in [2.24, 2.45) is 5.92 Å². The van der Waals surface area contributed by atoms with Gasteiger partial charge in [0.05, 0.1) is 13.3 Å². The molecule has 0 N–H and O–H groups in total. The molecule has 0 amide bonds. The van der Waals surface area contributed by atoms with Gasteiger partial charge in [0, 0.05) is 0 Å². The van der Waals surface area contributed by atoms with Gasteiger partial charge in [-0.05, 0) is 30.4 Å². The molecule has 74 valence electrons. The number of hydrogen-bond acceptors (Lipinski definition) is 1. The van der Waals surface area contributed by atoms with Crippen LogP contribution in [0.2, 0.25) is 0 Å². The van der Waals surface area contributed by atoms with Gasteiger partial charge in [-0.15, -0.1) is 0 Å². The summed E-state index contributed by atoms with van der Waals surface area (Å²) in [5.74, 6) is -0.495. The average Bonchev–Trinajstić information content (AvgIpc) is 2.18. The van der Waals surface area contributed by atoms with Crippen LogP contribution >= 0.6 is 0 Å². The highest BCUT2D eigenvalue weighted by atomic mass is 14.3. The smallest absolute Gasteiger partial charge is 0.0700 e. The molecule has 1 aromatic carbocycles. The molecule has 1 nitrogen and oxygen atoms in total. The zero-order chi connectivity index (χ0) is 11.5. The van der Waals surface area contributed by atoms with Crippen molar-refractivity contribution in [2.75, 3.05) is 0 Å². The van der Waals surface area contributed by atoms with Crippen molar-refractivity contribution in [2.45, 2.75) is 33.1 Å². The highest BCUT2D eigenvalue weighted by molar-refractivity contribution is 5.28. The van der Waals surface area contributed by atoms with Crippen LogP contribution in [0.4, 0.5) is 0 Å². The predicted octanol–water partition coefficient (Wildman–Crippen LogP) is 3.51. The molecule has 0 heterocycles. The maximum atomic E-state index is 8.82. The summed E-state index contributed by atoms with van der Waals surface area (Å²) in [4.78, 5) is 0. The van der Waals surface area contributed by atoms with Crippen LogP contribution in [0.15, 0.2) is 24.3 Å². The molecule has 0 aromatic heterocycles. The van der Waals surface area contributed by atoms with Crippen molar-refractivity contribution >= 4 is 0 Å². The first-order valence-corrected chi connectivity index (χ1v) is 4.96. The van der Waals surface area contributed by atoms with E-state index >= 15 is 0 Å². The van der Waals surface area contributed by atoms with Gasteiger partial charge in [0.1, 0.15) is 0 Å². The summed E-state index contributed by atoms with van der Waals surface area (Å²) in [6, 6.07) is 9.78. The van der Waals surface area contributed by atoms with Gasteiger partial charge in [-0.3, -0.25) is 0 Å². The molecular weight excluding hydrogens is 170 g/mol. The summed E-state index contributed by atoms with van der Waals surface area (Å²) in [5.41, 5.74) is 2.03. The van der Waals surface area contributed by atoms with Gasteiger partial charge in [0.2, 0.25) is 0 Å². The largest absolute Gasteiger partial charge is 0.198 e. The van der Waals surface area contributed by atoms with Gasteiger partial charge in [0.25, 0.3) is 0 Å². The van der Waals surface area contributed by atoms with Gasteiger partial charge < -0.3 is 0 Å². The molecule has 1 aromatic rings. The fraction of sp³-hybridized carbons (Fsp3) is 0.462. The SMILES string of the molecule is [2H]C(C)(C#N)c1ccc(CC(C)C)cc1. The average molecular weight is 188 g/mol. The topological polar surface area (TPSA) is 23.8 Å². The standard InChI is InChI=1S/C13H17N/c1-10(2)8-12-4-6-13(7-5-12)11(3)9-14/h4-7,10-11H,8H2,1-3H3/i11D. The molecule has 0 saturated heterocycles. The van der Waals surface area contributed by atoms with Crippen LogP contribution in [-0.2, 0) is 6.42 Å². The minimum Gasteiger partial charge on any atom is -0.198 e. The quantitative estimate of drug-likeness (QED) is 0.712. The monoisotopic (exact) mass is 188 g/mol. The molecular formula is C13H17N. The fourth-order valence-electron chi connectivity index (χ4n) is 1.43. The summed E-state index contributed by atoms with van der Waals surface area (Å²) in [6.07, 6.45) is 1.04. The second kappa shape index (κ2) is 4.81. The zero-order valence-corrected chi connectivity index (χ0v) is 9.04. The molecule has 0 fully saturated rings. The van der Waals surface area contributed by atoms with E-state index in [2.05, 4.69) is 13.8 Å². The van der Waals surface area contributed by atoms with Crippen molar-refractivity contribution in [1.29, 1.82) is 5.26 Å². The molecule has 1 atom stereocenters. The maximum Gasteiger partial charge on any atom is 0.0700 e. The molecule has 0 spiro atoms. The Balaban J connectivity index is 2.87. The third kappa shape index (κ3) is 2.88. The van der Waals surface area contributed by atoms with E-state index in [0.717, 1.165) is 12.0 Å². The Hall–Kier alpha value is -1.29. The highest BCUT2D eigenvalue weighted by Crippen LogP contribution is 2.16. The van der Waals surface area contributed by atoms with Gasteiger partial charge in [-0.1, -0.05) is 38.1 Å². The summed E-state index contributed by atoms with van der Waals surface area (Å²) < 4.78 is 7.77. The highest BCUT2D eigenvalue weighted by Gasteiger charge is 2.03. The molecule has 0 radical (unpaired) electrons. The van der Waals surface area contributed by atoms with Gasteiger partial charge in [0.15, 0.2) is 0 Å². The molecule has 14 heavy (non-hydrogen) atoms. The Morgan fingerprint density at radius 2 is 1.86 bits per heavy atom. The van der Waals surface area contributed by atoms with Crippen molar-refractivity contribution < 1.29 is 1.37 Å². The molecule has 0 saturated carbocycles. The number of rotatable bonds is 3. The second-order valence-electron chi connectivity index (χ2n) is 4.03. The van der Waals surface area contributed by atoms with Crippen molar-refractivity contribution in [1.82, 2.24) is 0 Å². The van der Waals surface area contributed by atoms with Crippen LogP contribution in [0.1, 0.15) is 39.2 Å². The maximum absolute atomic E-state index is 8.82. The Kier molecular flexibility index (Phi) is 3.19. The van der Waals surface area contributed by atoms with Crippen molar-refractivity contribution in [3.8, 4) is 6.07 Å². The van der Waals surface area contributed by atoms with E-state index in [4.69, 9.17) is 6.63 Å². The molecule has 0 aliphatic heterocycles. The van der Waals surface area contributed by atoms with Gasteiger partial charge >= 0.3 is 0 Å². The molecule has 1 rings (SSSR count). The summed E-state index contributed by atoms with van der Waals surface area (Å²) in [5, 5.41) is 8.82. The van der Waals surface area contributed by atoms with Crippen LogP contribution in [-0.4, -0.2) is 0 Å². The van der Waals surface area contributed by atoms with Crippen LogP contribution in [0, 0.1) is 17.2 Å². The number of hydrogen-bond donors (Lipinski definition) is 0. The fourth-order valence-corrected chi connectivity index (χ4v) is 1.43. The van der Waals surface area contributed by atoms with E-state index in [-0.39, 0.29) is 0 Å². The third-order valence-corrected chi connectivity index (χ3v) is 2.20. The van der Waals surface area contributed by atoms with E-state index in [1.807, 2.05) is 30.3 Å². The van der Waals surface area contributed by atoms with E-state index in [1.165, 1.54) is 5.56 Å². The normalized spacial score (nSPS) is 15.8. The summed E-state index contributed by atoms with van der Waals surface area (Å²) in [7, 11) is 0. The lowest BCUT2D eigenvalue weighted by Crippen LogP contribution is -1.95. The third-order valence-electron chi connectivity index (χ3n) is 2.20. The number of benzene rings is 1. The van der Waals surface area contributed by atoms with Crippen LogP contribution < -0.4 is 0 Å². The Labute approximate surface area is 87.8 Å². The van der Waals surface area contributed by atoms with E-state index < -0.39 is 5.89 Å². The molecule has 0 bridgehead atoms. The first-order valence-electron chi connectivity index (χ1n) is 5.46. The van der Waals surface area contributed by atoms with E-state index in [1.54, 1.807) is 6.92 Å². The Morgan fingerprint density at radius 1 is 1.29 bits per heavy atom. The van der Waals surface area contributed by atoms with Crippen molar-refractivity contribution in [3.05, 3.63) is 35.4 Å². The predicted molar refractivity (Wildman–Crippen MR) is 59.0 cm³/mol. The molecule has 1 unspecified atom stereocenters. The van der Waals surface area contributed by atoms with E-state index in [9.17, 15) is 0 Å². The molecule has 1 heteroatoms. The lowest BCUT2D eigenvalue weighted by molar-refractivity contribution is 0.647. The van der Waals surface area contributed by atoms with Crippen LogP contribution in [0.3, 0.4) is 0 Å². The second-order valence-corrected chi connectivity index (χ2v) is 4.03. The minimum absolute atomic E-state index is 0.634. The van der Waals surface area contributed by atoms with E-state index in [0.29, 0.717) is 5.92 Å². The molecule has 0 aliphatic carbocycles. The Bertz CT molecular complexity index is 357. The molecule has 0 aliphatic rings. The summed E-state index contributed by atoms with van der Waals surface area (Å²) >= 11 is 0. The van der Waals surface area contributed by atoms with Gasteiger partial charge in [-0.25, -0.2) is 0 Å². The minimum atomic E-state index is -1.13. The first-order chi connectivity index (χ1) is 6.95. The van der Waals surface area contributed by atoms with Crippen LogP contribution in [0.5, 0.6) is 0 Å². The number of nitrogens with zero attached hydrogens (tertiary/aromatic N) is 1. The zero-order valence-electron chi connectivity index (χ0n) is 10.0. The lowest BCUT2D eigenvalue weighted by atomic mass is 9.98.